The van der Waals surface area contributed by atoms with E-state index in [0.29, 0.717) is 17.3 Å². The molecule has 130 valence electrons. The fourth-order valence-corrected chi connectivity index (χ4v) is 3.19. The molecule has 5 rings (SSSR count). The Morgan fingerprint density at radius 1 is 0.963 bits per heavy atom. The molecule has 0 saturated carbocycles. The second-order valence-electron chi connectivity index (χ2n) is 6.05. The van der Waals surface area contributed by atoms with Gasteiger partial charge in [-0.3, -0.25) is 10.1 Å². The molecule has 3 heterocycles. The third kappa shape index (κ3) is 2.65. The molecule has 0 aliphatic carbocycles. The summed E-state index contributed by atoms with van der Waals surface area (Å²) in [6, 6.07) is 14.1. The molecule has 6 nitrogen and oxygen atoms in total. The molecule has 7 heteroatoms. The SMILES string of the molecule is Fc1cccc(Nc2nc3c(-c4ncn[nH]4)cccc3c3cnccc23)c1. The third-order valence-corrected chi connectivity index (χ3v) is 4.38. The van der Waals surface area contributed by atoms with Gasteiger partial charge in [0.25, 0.3) is 0 Å². The molecule has 0 unspecified atom stereocenters. The van der Waals surface area contributed by atoms with Gasteiger partial charge in [0.2, 0.25) is 0 Å². The first kappa shape index (κ1) is 15.4. The van der Waals surface area contributed by atoms with Gasteiger partial charge in [-0.1, -0.05) is 18.2 Å². The minimum absolute atomic E-state index is 0.311. The van der Waals surface area contributed by atoms with Gasteiger partial charge in [-0.05, 0) is 30.3 Å². The number of pyridine rings is 2. The first-order valence-electron chi connectivity index (χ1n) is 8.34. The van der Waals surface area contributed by atoms with Gasteiger partial charge in [0, 0.05) is 39.8 Å². The Morgan fingerprint density at radius 2 is 1.89 bits per heavy atom. The summed E-state index contributed by atoms with van der Waals surface area (Å²) in [4.78, 5) is 13.4. The predicted molar refractivity (Wildman–Crippen MR) is 102 cm³/mol. The lowest BCUT2D eigenvalue weighted by Crippen LogP contribution is -1.98. The highest BCUT2D eigenvalue weighted by atomic mass is 19.1. The Morgan fingerprint density at radius 3 is 2.74 bits per heavy atom. The molecule has 0 aliphatic rings. The van der Waals surface area contributed by atoms with E-state index in [1.54, 1.807) is 24.5 Å². The Kier molecular flexibility index (Phi) is 3.50. The number of aromatic amines is 1. The van der Waals surface area contributed by atoms with Gasteiger partial charge >= 0.3 is 0 Å². The molecule has 0 amide bonds. The quantitative estimate of drug-likeness (QED) is 0.467. The maximum Gasteiger partial charge on any atom is 0.157 e. The lowest BCUT2D eigenvalue weighted by Gasteiger charge is -2.13. The van der Waals surface area contributed by atoms with Gasteiger partial charge in [0.1, 0.15) is 18.0 Å². The number of hydrogen-bond donors (Lipinski definition) is 2. The van der Waals surface area contributed by atoms with E-state index in [1.807, 2.05) is 24.3 Å². The van der Waals surface area contributed by atoms with Crippen molar-refractivity contribution >= 4 is 33.2 Å². The number of nitrogens with one attached hydrogen (secondary N) is 2. The summed E-state index contributed by atoms with van der Waals surface area (Å²) in [6.07, 6.45) is 4.98. The fourth-order valence-electron chi connectivity index (χ4n) is 3.19. The molecular weight excluding hydrogens is 343 g/mol. The van der Waals surface area contributed by atoms with Crippen molar-refractivity contribution < 1.29 is 4.39 Å². The van der Waals surface area contributed by atoms with E-state index in [2.05, 4.69) is 25.5 Å². The van der Waals surface area contributed by atoms with E-state index >= 15 is 0 Å². The minimum atomic E-state index is -0.311. The molecule has 0 spiro atoms. The summed E-state index contributed by atoms with van der Waals surface area (Å²) in [5.41, 5.74) is 2.21. The number of benzene rings is 2. The number of hydrogen-bond acceptors (Lipinski definition) is 5. The normalized spacial score (nSPS) is 11.1. The van der Waals surface area contributed by atoms with Crippen LogP contribution in [-0.4, -0.2) is 25.1 Å². The molecule has 2 aromatic carbocycles. The van der Waals surface area contributed by atoms with Crippen LogP contribution >= 0.6 is 0 Å². The van der Waals surface area contributed by atoms with Gasteiger partial charge in [0.05, 0.1) is 5.52 Å². The van der Waals surface area contributed by atoms with Crippen LogP contribution in [0.4, 0.5) is 15.9 Å². The van der Waals surface area contributed by atoms with Crippen LogP contribution in [0, 0.1) is 5.82 Å². The summed E-state index contributed by atoms with van der Waals surface area (Å²) >= 11 is 0. The van der Waals surface area contributed by atoms with Crippen LogP contribution in [0.1, 0.15) is 0 Å². The molecule has 5 aromatic rings. The van der Waals surface area contributed by atoms with Gasteiger partial charge in [-0.25, -0.2) is 14.4 Å². The zero-order valence-corrected chi connectivity index (χ0v) is 14.0. The number of aromatic nitrogens is 5. The highest BCUT2D eigenvalue weighted by Crippen LogP contribution is 2.34. The second kappa shape index (κ2) is 6.14. The van der Waals surface area contributed by atoms with Crippen molar-refractivity contribution in [3.05, 3.63) is 73.1 Å². The summed E-state index contributed by atoms with van der Waals surface area (Å²) in [5.74, 6) is 0.944. The summed E-state index contributed by atoms with van der Waals surface area (Å²) in [7, 11) is 0. The van der Waals surface area contributed by atoms with Gasteiger partial charge in [-0.2, -0.15) is 5.10 Å². The molecule has 2 N–H and O–H groups in total. The van der Waals surface area contributed by atoms with Crippen molar-refractivity contribution in [3.8, 4) is 11.4 Å². The maximum atomic E-state index is 13.6. The summed E-state index contributed by atoms with van der Waals surface area (Å²) in [5, 5.41) is 12.8. The average molecular weight is 356 g/mol. The summed E-state index contributed by atoms with van der Waals surface area (Å²) < 4.78 is 13.6. The molecule has 0 bridgehead atoms. The molecule has 0 aliphatic heterocycles. The zero-order chi connectivity index (χ0) is 18.2. The number of H-pyrrole nitrogens is 1. The first-order chi connectivity index (χ1) is 13.3. The topological polar surface area (TPSA) is 79.4 Å². The number of nitrogens with zero attached hydrogens (tertiary/aromatic N) is 4. The number of halogens is 1. The molecular formula is C20H13FN6. The first-order valence-corrected chi connectivity index (χ1v) is 8.34. The number of fused-ring (bicyclic) bond motifs is 3. The summed E-state index contributed by atoms with van der Waals surface area (Å²) in [6.45, 7) is 0. The van der Waals surface area contributed by atoms with Crippen LogP contribution < -0.4 is 5.32 Å². The van der Waals surface area contributed by atoms with Crippen LogP contribution in [0.3, 0.4) is 0 Å². The molecule has 27 heavy (non-hydrogen) atoms. The lowest BCUT2D eigenvalue weighted by atomic mass is 10.0. The Labute approximate surface area is 153 Å². The number of para-hydroxylation sites is 1. The lowest BCUT2D eigenvalue weighted by molar-refractivity contribution is 0.628. The monoisotopic (exact) mass is 356 g/mol. The highest BCUT2D eigenvalue weighted by Gasteiger charge is 2.14. The predicted octanol–water partition coefficient (Wildman–Crippen LogP) is 4.45. The Balaban J connectivity index is 1.80. The van der Waals surface area contributed by atoms with Crippen molar-refractivity contribution in [1.29, 1.82) is 0 Å². The molecule has 0 fully saturated rings. The third-order valence-electron chi connectivity index (χ3n) is 4.38. The van der Waals surface area contributed by atoms with Crippen LogP contribution in [0.2, 0.25) is 0 Å². The van der Waals surface area contributed by atoms with E-state index in [9.17, 15) is 4.39 Å². The molecule has 3 aromatic heterocycles. The maximum absolute atomic E-state index is 13.6. The molecule has 0 radical (unpaired) electrons. The standard InChI is InChI=1S/C20H13FN6/c21-12-3-1-4-13(9-12)25-20-15-7-8-22-10-17(15)14-5-2-6-16(18(14)26-20)19-23-11-24-27-19/h1-11H,(H,25,26)(H,23,24,27). The average Bonchev–Trinajstić information content (AvgIpc) is 3.22. The van der Waals surface area contributed by atoms with Crippen LogP contribution in [0.5, 0.6) is 0 Å². The zero-order valence-electron chi connectivity index (χ0n) is 14.0. The van der Waals surface area contributed by atoms with Gasteiger partial charge < -0.3 is 5.32 Å². The Hall–Kier alpha value is -3.87. The minimum Gasteiger partial charge on any atom is -0.340 e. The number of rotatable bonds is 3. The fraction of sp³-hybridized carbons (Fsp3) is 0. The van der Waals surface area contributed by atoms with Crippen molar-refractivity contribution in [3.63, 3.8) is 0 Å². The van der Waals surface area contributed by atoms with E-state index in [0.717, 1.165) is 27.2 Å². The smallest absolute Gasteiger partial charge is 0.157 e. The Bertz CT molecular complexity index is 1270. The van der Waals surface area contributed by atoms with E-state index in [1.165, 1.54) is 18.5 Å². The van der Waals surface area contributed by atoms with Crippen molar-refractivity contribution in [1.82, 2.24) is 25.1 Å². The second-order valence-corrected chi connectivity index (χ2v) is 6.05. The molecule has 0 saturated heterocycles. The number of anilines is 2. The van der Waals surface area contributed by atoms with E-state index in [-0.39, 0.29) is 5.82 Å². The van der Waals surface area contributed by atoms with E-state index in [4.69, 9.17) is 4.98 Å². The van der Waals surface area contributed by atoms with Crippen LogP contribution in [0.15, 0.2) is 67.3 Å². The van der Waals surface area contributed by atoms with E-state index < -0.39 is 0 Å². The molecule has 0 atom stereocenters. The van der Waals surface area contributed by atoms with Gasteiger partial charge in [-0.15, -0.1) is 0 Å². The van der Waals surface area contributed by atoms with Crippen molar-refractivity contribution in [2.45, 2.75) is 0 Å². The van der Waals surface area contributed by atoms with Gasteiger partial charge in [0.15, 0.2) is 5.82 Å². The van der Waals surface area contributed by atoms with Crippen LogP contribution in [-0.2, 0) is 0 Å². The largest absolute Gasteiger partial charge is 0.340 e. The van der Waals surface area contributed by atoms with Crippen LogP contribution in [0.25, 0.3) is 33.1 Å². The van der Waals surface area contributed by atoms with Crippen molar-refractivity contribution in [2.75, 3.05) is 5.32 Å². The highest BCUT2D eigenvalue weighted by molar-refractivity contribution is 6.13. The van der Waals surface area contributed by atoms with Crippen molar-refractivity contribution in [2.24, 2.45) is 0 Å².